The molecule has 2 aromatic carbocycles. The Balaban J connectivity index is 2.01. The van der Waals surface area contributed by atoms with Gasteiger partial charge in [0.2, 0.25) is 5.75 Å². The van der Waals surface area contributed by atoms with Crippen molar-refractivity contribution < 1.29 is 28.9 Å². The lowest BCUT2D eigenvalue weighted by atomic mass is 10.1. The van der Waals surface area contributed by atoms with Crippen LogP contribution in [0.4, 0.5) is 5.69 Å². The number of aliphatic imine (C=N–C) groups is 1. The van der Waals surface area contributed by atoms with Gasteiger partial charge >= 0.3 is 5.97 Å². The largest absolute Gasteiger partial charge is 0.493 e. The lowest BCUT2D eigenvalue weighted by Crippen LogP contribution is -2.28. The minimum absolute atomic E-state index is 0.130. The zero-order valence-corrected chi connectivity index (χ0v) is 18.4. The van der Waals surface area contributed by atoms with E-state index in [0.717, 1.165) is 0 Å². The molecule has 0 radical (unpaired) electrons. The standard InChI is InChI=1S/C22H22N2O6S/c1-5-24-20(25)17(12-13-9-10-16(28-2)19(30-4)18(13)29-3)31-22(24)23-15-8-6-7-14(11-15)21(26)27/h6-12H,5H2,1-4H3,(H,26,27)/b17-12-,23-22?. The quantitative estimate of drug-likeness (QED) is 0.647. The Kier molecular flexibility index (Phi) is 6.86. The minimum Gasteiger partial charge on any atom is -0.493 e. The summed E-state index contributed by atoms with van der Waals surface area (Å²) in [4.78, 5) is 30.7. The average molecular weight is 442 g/mol. The molecule has 0 unspecified atom stereocenters. The van der Waals surface area contributed by atoms with Crippen molar-refractivity contribution >= 4 is 40.6 Å². The molecule has 1 N–H and O–H groups in total. The van der Waals surface area contributed by atoms with E-state index in [0.29, 0.717) is 45.1 Å². The summed E-state index contributed by atoms with van der Waals surface area (Å²) in [5, 5.41) is 9.66. The predicted octanol–water partition coefficient (Wildman–Crippen LogP) is 4.03. The van der Waals surface area contributed by atoms with Crippen molar-refractivity contribution in [3.63, 3.8) is 0 Å². The summed E-state index contributed by atoms with van der Waals surface area (Å²) in [5.74, 6) is 0.165. The molecule has 0 bridgehead atoms. The van der Waals surface area contributed by atoms with E-state index in [1.165, 1.54) is 50.1 Å². The maximum Gasteiger partial charge on any atom is 0.335 e. The first kappa shape index (κ1) is 22.2. The Labute approximate surface area is 184 Å². The highest BCUT2D eigenvalue weighted by atomic mass is 32.2. The first-order valence-electron chi connectivity index (χ1n) is 9.35. The fourth-order valence-electron chi connectivity index (χ4n) is 3.07. The Bertz CT molecular complexity index is 1080. The highest BCUT2D eigenvalue weighted by Crippen LogP contribution is 2.42. The number of amides is 1. The van der Waals surface area contributed by atoms with Crippen molar-refractivity contribution in [3.05, 3.63) is 52.4 Å². The van der Waals surface area contributed by atoms with Crippen LogP contribution in [0.2, 0.25) is 0 Å². The molecule has 8 nitrogen and oxygen atoms in total. The second-order valence-electron chi connectivity index (χ2n) is 6.33. The number of likely N-dealkylation sites (N-methyl/N-ethyl adjacent to an activating group) is 1. The van der Waals surface area contributed by atoms with Gasteiger partial charge in [-0.1, -0.05) is 6.07 Å². The van der Waals surface area contributed by atoms with Gasteiger partial charge in [0.25, 0.3) is 5.91 Å². The number of benzene rings is 2. The van der Waals surface area contributed by atoms with Crippen molar-refractivity contribution in [2.75, 3.05) is 27.9 Å². The number of hydrogen-bond donors (Lipinski definition) is 1. The molecule has 0 atom stereocenters. The number of aromatic carboxylic acids is 1. The Morgan fingerprint density at radius 2 is 1.87 bits per heavy atom. The number of nitrogens with zero attached hydrogens (tertiary/aromatic N) is 2. The van der Waals surface area contributed by atoms with Gasteiger partial charge < -0.3 is 19.3 Å². The molecule has 31 heavy (non-hydrogen) atoms. The molecule has 1 amide bonds. The van der Waals surface area contributed by atoms with E-state index >= 15 is 0 Å². The molecule has 1 saturated heterocycles. The Morgan fingerprint density at radius 3 is 2.48 bits per heavy atom. The second kappa shape index (κ2) is 9.57. The number of carboxylic acids is 1. The molecule has 0 spiro atoms. The van der Waals surface area contributed by atoms with Crippen LogP contribution in [0.1, 0.15) is 22.8 Å². The summed E-state index contributed by atoms with van der Waals surface area (Å²) in [7, 11) is 4.57. The number of methoxy groups -OCH3 is 3. The summed E-state index contributed by atoms with van der Waals surface area (Å²) in [6.07, 6.45) is 1.71. The van der Waals surface area contributed by atoms with Crippen LogP contribution in [0, 0.1) is 0 Å². The number of rotatable bonds is 7. The van der Waals surface area contributed by atoms with E-state index < -0.39 is 5.97 Å². The summed E-state index contributed by atoms with van der Waals surface area (Å²) >= 11 is 1.21. The first-order chi connectivity index (χ1) is 14.9. The van der Waals surface area contributed by atoms with Crippen LogP contribution in [-0.4, -0.2) is 54.9 Å². The second-order valence-corrected chi connectivity index (χ2v) is 7.34. The maximum absolute atomic E-state index is 13.0. The van der Waals surface area contributed by atoms with E-state index in [9.17, 15) is 14.7 Å². The third-order valence-electron chi connectivity index (χ3n) is 4.54. The highest BCUT2D eigenvalue weighted by molar-refractivity contribution is 8.18. The number of thioether (sulfide) groups is 1. The SMILES string of the molecule is CCN1C(=O)/C(=C/c2ccc(OC)c(OC)c2OC)SC1=Nc1cccc(C(=O)O)c1. The molecular weight excluding hydrogens is 420 g/mol. The zero-order chi connectivity index (χ0) is 22.5. The topological polar surface area (TPSA) is 97.7 Å². The van der Waals surface area contributed by atoms with E-state index in [-0.39, 0.29) is 11.5 Å². The Morgan fingerprint density at radius 1 is 1.13 bits per heavy atom. The van der Waals surface area contributed by atoms with E-state index in [1.807, 2.05) is 6.92 Å². The summed E-state index contributed by atoms with van der Waals surface area (Å²) in [6.45, 7) is 2.27. The third-order valence-corrected chi connectivity index (χ3v) is 5.55. The molecule has 162 valence electrons. The number of hydrogen-bond acceptors (Lipinski definition) is 7. The fraction of sp³-hybridized carbons (Fsp3) is 0.227. The van der Waals surface area contributed by atoms with Crippen LogP contribution in [-0.2, 0) is 4.79 Å². The monoisotopic (exact) mass is 442 g/mol. The molecule has 0 aromatic heterocycles. The molecule has 0 aliphatic carbocycles. The van der Waals surface area contributed by atoms with Crippen LogP contribution in [0.15, 0.2) is 46.3 Å². The van der Waals surface area contributed by atoms with Crippen LogP contribution >= 0.6 is 11.8 Å². The molecule has 1 fully saturated rings. The van der Waals surface area contributed by atoms with Crippen molar-refractivity contribution in [2.24, 2.45) is 4.99 Å². The van der Waals surface area contributed by atoms with Crippen LogP contribution in [0.25, 0.3) is 6.08 Å². The van der Waals surface area contributed by atoms with Gasteiger partial charge in [0, 0.05) is 12.1 Å². The Hall–Kier alpha value is -3.46. The third kappa shape index (κ3) is 4.51. The molecule has 9 heteroatoms. The minimum atomic E-state index is -1.04. The summed E-state index contributed by atoms with van der Waals surface area (Å²) in [5.41, 5.74) is 1.24. The fourth-order valence-corrected chi connectivity index (χ4v) is 4.12. The summed E-state index contributed by atoms with van der Waals surface area (Å²) < 4.78 is 16.2. The lowest BCUT2D eigenvalue weighted by Gasteiger charge is -2.14. The molecule has 1 heterocycles. The number of amidine groups is 1. The van der Waals surface area contributed by atoms with E-state index in [2.05, 4.69) is 4.99 Å². The van der Waals surface area contributed by atoms with Gasteiger partial charge in [-0.25, -0.2) is 9.79 Å². The van der Waals surface area contributed by atoms with Crippen LogP contribution < -0.4 is 14.2 Å². The van der Waals surface area contributed by atoms with Crippen molar-refractivity contribution in [1.29, 1.82) is 0 Å². The first-order valence-corrected chi connectivity index (χ1v) is 10.2. The van der Waals surface area contributed by atoms with E-state index in [1.54, 1.807) is 30.3 Å². The normalized spacial score (nSPS) is 16.1. The average Bonchev–Trinajstić information content (AvgIpc) is 3.06. The number of carbonyl (C=O) groups is 2. The number of carboxylic acid groups (broad SMARTS) is 1. The van der Waals surface area contributed by atoms with Gasteiger partial charge in [0.1, 0.15) is 0 Å². The van der Waals surface area contributed by atoms with Gasteiger partial charge in [-0.3, -0.25) is 9.69 Å². The molecule has 2 aromatic rings. The van der Waals surface area contributed by atoms with Crippen molar-refractivity contribution in [1.82, 2.24) is 4.90 Å². The van der Waals surface area contributed by atoms with Crippen LogP contribution in [0.3, 0.4) is 0 Å². The molecular formula is C22H22N2O6S. The predicted molar refractivity (Wildman–Crippen MR) is 120 cm³/mol. The van der Waals surface area contributed by atoms with Crippen LogP contribution in [0.5, 0.6) is 17.2 Å². The number of ether oxygens (including phenoxy) is 3. The van der Waals surface area contributed by atoms with Crippen molar-refractivity contribution in [3.8, 4) is 17.2 Å². The maximum atomic E-state index is 13.0. The zero-order valence-electron chi connectivity index (χ0n) is 17.5. The molecule has 0 saturated carbocycles. The molecule has 1 aliphatic heterocycles. The van der Waals surface area contributed by atoms with Gasteiger partial charge in [0.15, 0.2) is 16.7 Å². The number of carbonyl (C=O) groups excluding carboxylic acids is 1. The molecule has 1 aliphatic rings. The smallest absolute Gasteiger partial charge is 0.335 e. The van der Waals surface area contributed by atoms with Gasteiger partial charge in [0.05, 0.1) is 37.5 Å². The van der Waals surface area contributed by atoms with Crippen molar-refractivity contribution in [2.45, 2.75) is 6.92 Å². The molecule has 3 rings (SSSR count). The van der Waals surface area contributed by atoms with E-state index in [4.69, 9.17) is 14.2 Å². The van der Waals surface area contributed by atoms with Gasteiger partial charge in [-0.15, -0.1) is 0 Å². The highest BCUT2D eigenvalue weighted by Gasteiger charge is 2.32. The van der Waals surface area contributed by atoms with Gasteiger partial charge in [-0.2, -0.15) is 0 Å². The van der Waals surface area contributed by atoms with Gasteiger partial charge in [-0.05, 0) is 55.1 Å². The lowest BCUT2D eigenvalue weighted by molar-refractivity contribution is -0.122. The summed E-state index contributed by atoms with van der Waals surface area (Å²) in [6, 6.07) is 9.78.